The number of anilines is 1. The molecule has 30 heavy (non-hydrogen) atoms. The van der Waals surface area contributed by atoms with Crippen molar-refractivity contribution in [2.24, 2.45) is 10.8 Å². The van der Waals surface area contributed by atoms with Gasteiger partial charge in [-0.25, -0.2) is 9.78 Å². The van der Waals surface area contributed by atoms with E-state index in [4.69, 9.17) is 5.73 Å². The zero-order valence-electron chi connectivity index (χ0n) is 17.0. The molecule has 0 aromatic carbocycles. The second-order valence-corrected chi connectivity index (χ2v) is 10.2. The number of amides is 4. The summed E-state index contributed by atoms with van der Waals surface area (Å²) in [6.45, 7) is 3.17. The van der Waals surface area contributed by atoms with E-state index in [9.17, 15) is 14.4 Å². The largest absolute Gasteiger partial charge is 0.375 e. The van der Waals surface area contributed by atoms with Crippen LogP contribution in [0.3, 0.4) is 0 Å². The molecule has 0 radical (unpaired) electrons. The van der Waals surface area contributed by atoms with Crippen LogP contribution >= 0.6 is 11.3 Å². The van der Waals surface area contributed by atoms with Crippen molar-refractivity contribution in [2.75, 3.05) is 38.5 Å². The number of nitrogens with one attached hydrogen (secondary N) is 2. The lowest BCUT2D eigenvalue weighted by Gasteiger charge is -2.41. The number of carbonyl (C=O) groups excluding carboxylic acids is 3. The molecule has 3 atom stereocenters. The van der Waals surface area contributed by atoms with Gasteiger partial charge in [0.2, 0.25) is 11.8 Å². The molecule has 10 heteroatoms. The standard InChI is InChI=1S/C20H28N6O3S/c21-17-23-13(8-30-17)3-4-15(27)25-9-19-5-1-2-6-20(19,10-25)12-26(11-19)16(28)14-7-22-18(29)24-14/h8,14H,1-7,9-12H2,(H2,21,23)(H2,22,24,29)/t14-,19?,20?/m0/s1. The van der Waals surface area contributed by atoms with Crippen LogP contribution in [0, 0.1) is 10.8 Å². The van der Waals surface area contributed by atoms with E-state index in [1.165, 1.54) is 11.3 Å². The molecule has 5 rings (SSSR count). The molecule has 4 amide bonds. The number of hydrogen-bond donors (Lipinski definition) is 3. The van der Waals surface area contributed by atoms with Crippen molar-refractivity contribution in [1.82, 2.24) is 25.4 Å². The number of nitrogen functional groups attached to an aromatic ring is 1. The normalized spacial score (nSPS) is 32.5. The number of nitrogens with zero attached hydrogens (tertiary/aromatic N) is 3. The van der Waals surface area contributed by atoms with Gasteiger partial charge in [0.25, 0.3) is 0 Å². The molecule has 0 bridgehead atoms. The number of thiazole rings is 1. The Hall–Kier alpha value is -2.36. The number of urea groups is 1. The minimum Gasteiger partial charge on any atom is -0.375 e. The molecule has 1 aromatic heterocycles. The minimum atomic E-state index is -0.477. The molecule has 4 aliphatic rings. The Morgan fingerprint density at radius 2 is 1.83 bits per heavy atom. The Balaban J connectivity index is 1.27. The van der Waals surface area contributed by atoms with Crippen LogP contribution in [0.4, 0.5) is 9.93 Å². The van der Waals surface area contributed by atoms with Crippen LogP contribution in [0.25, 0.3) is 0 Å². The number of carbonyl (C=O) groups is 3. The van der Waals surface area contributed by atoms with Crippen molar-refractivity contribution in [1.29, 1.82) is 0 Å². The number of aryl methyl sites for hydroxylation is 1. The van der Waals surface area contributed by atoms with Crippen molar-refractivity contribution in [2.45, 2.75) is 44.6 Å². The maximum Gasteiger partial charge on any atom is 0.315 e. The molecule has 4 fully saturated rings. The van der Waals surface area contributed by atoms with Gasteiger partial charge in [0.15, 0.2) is 5.13 Å². The van der Waals surface area contributed by atoms with Gasteiger partial charge < -0.3 is 26.2 Å². The summed E-state index contributed by atoms with van der Waals surface area (Å²) < 4.78 is 0. The quantitative estimate of drug-likeness (QED) is 0.642. The van der Waals surface area contributed by atoms with Crippen molar-refractivity contribution < 1.29 is 14.4 Å². The fourth-order valence-electron chi connectivity index (χ4n) is 6.10. The van der Waals surface area contributed by atoms with E-state index in [0.29, 0.717) is 37.6 Å². The number of hydrogen-bond acceptors (Lipinski definition) is 6. The minimum absolute atomic E-state index is 0.00222. The Morgan fingerprint density at radius 3 is 2.40 bits per heavy atom. The van der Waals surface area contributed by atoms with E-state index in [1.807, 2.05) is 15.2 Å². The lowest BCUT2D eigenvalue weighted by atomic mass is 9.60. The highest BCUT2D eigenvalue weighted by molar-refractivity contribution is 7.13. The molecule has 2 unspecified atom stereocenters. The highest BCUT2D eigenvalue weighted by atomic mass is 32.1. The first kappa shape index (κ1) is 19.6. The molecule has 4 N–H and O–H groups in total. The van der Waals surface area contributed by atoms with Gasteiger partial charge in [-0.3, -0.25) is 9.59 Å². The molecular weight excluding hydrogens is 404 g/mol. The fraction of sp³-hybridized carbons (Fsp3) is 0.700. The van der Waals surface area contributed by atoms with Crippen molar-refractivity contribution in [3.63, 3.8) is 0 Å². The topological polar surface area (TPSA) is 121 Å². The molecule has 1 aromatic rings. The molecule has 0 spiro atoms. The first-order valence-electron chi connectivity index (χ1n) is 10.7. The average Bonchev–Trinajstić information content (AvgIpc) is 3.46. The summed E-state index contributed by atoms with van der Waals surface area (Å²) in [6.07, 6.45) is 5.45. The first-order chi connectivity index (χ1) is 14.4. The molecule has 3 saturated heterocycles. The Morgan fingerprint density at radius 1 is 1.17 bits per heavy atom. The zero-order valence-corrected chi connectivity index (χ0v) is 17.8. The molecule has 1 aliphatic carbocycles. The lowest BCUT2D eigenvalue weighted by molar-refractivity contribution is -0.133. The lowest BCUT2D eigenvalue weighted by Crippen LogP contribution is -2.47. The smallest absolute Gasteiger partial charge is 0.315 e. The van der Waals surface area contributed by atoms with Crippen LogP contribution < -0.4 is 16.4 Å². The Labute approximate surface area is 179 Å². The molecular formula is C20H28N6O3S. The van der Waals surface area contributed by atoms with Gasteiger partial charge in [-0.05, 0) is 19.3 Å². The molecule has 3 aliphatic heterocycles. The summed E-state index contributed by atoms with van der Waals surface area (Å²) >= 11 is 1.40. The average molecular weight is 433 g/mol. The maximum absolute atomic E-state index is 13.0. The van der Waals surface area contributed by atoms with Crippen LogP contribution in [-0.2, 0) is 16.0 Å². The second-order valence-electron chi connectivity index (χ2n) is 9.30. The summed E-state index contributed by atoms with van der Waals surface area (Å²) in [4.78, 5) is 45.7. The molecule has 162 valence electrons. The maximum atomic E-state index is 13.0. The third-order valence-electron chi connectivity index (χ3n) is 7.56. The number of nitrogens with two attached hydrogens (primary N) is 1. The van der Waals surface area contributed by atoms with E-state index in [-0.39, 0.29) is 28.7 Å². The zero-order chi connectivity index (χ0) is 20.9. The van der Waals surface area contributed by atoms with Gasteiger partial charge in [0.05, 0.1) is 5.69 Å². The van der Waals surface area contributed by atoms with E-state index >= 15 is 0 Å². The van der Waals surface area contributed by atoms with E-state index < -0.39 is 6.04 Å². The van der Waals surface area contributed by atoms with Crippen LogP contribution in [0.1, 0.15) is 37.8 Å². The van der Waals surface area contributed by atoms with Crippen molar-refractivity contribution in [3.8, 4) is 0 Å². The fourth-order valence-corrected chi connectivity index (χ4v) is 6.70. The van der Waals surface area contributed by atoms with Gasteiger partial charge in [0.1, 0.15) is 6.04 Å². The first-order valence-corrected chi connectivity index (χ1v) is 11.6. The SMILES string of the molecule is Nc1nc(CCC(=O)N2CC34CCCCC3(C2)CN(C(=O)[C@@H]2CNC(=O)N2)C4)cs1. The Bertz CT molecular complexity index is 866. The van der Waals surface area contributed by atoms with Crippen molar-refractivity contribution in [3.05, 3.63) is 11.1 Å². The third-order valence-corrected chi connectivity index (χ3v) is 8.28. The summed E-state index contributed by atoms with van der Waals surface area (Å²) in [6, 6.07) is -0.755. The predicted molar refractivity (Wildman–Crippen MR) is 112 cm³/mol. The van der Waals surface area contributed by atoms with Crippen LogP contribution in [0.5, 0.6) is 0 Å². The van der Waals surface area contributed by atoms with Gasteiger partial charge in [-0.15, -0.1) is 11.3 Å². The summed E-state index contributed by atoms with van der Waals surface area (Å²) in [5.41, 5.74) is 6.54. The van der Waals surface area contributed by atoms with Crippen molar-refractivity contribution >= 4 is 34.3 Å². The van der Waals surface area contributed by atoms with Gasteiger partial charge in [0, 0.05) is 55.4 Å². The molecule has 1 saturated carbocycles. The van der Waals surface area contributed by atoms with Crippen LogP contribution in [-0.4, -0.2) is 71.4 Å². The summed E-state index contributed by atoms with van der Waals surface area (Å²) in [7, 11) is 0. The number of aromatic nitrogens is 1. The summed E-state index contributed by atoms with van der Waals surface area (Å²) in [5, 5.41) is 7.84. The van der Waals surface area contributed by atoms with Crippen LogP contribution in [0.2, 0.25) is 0 Å². The van der Waals surface area contributed by atoms with Gasteiger partial charge in [-0.1, -0.05) is 12.8 Å². The predicted octanol–water partition coefficient (Wildman–Crippen LogP) is 0.571. The third kappa shape index (κ3) is 3.12. The van der Waals surface area contributed by atoms with E-state index in [2.05, 4.69) is 15.6 Å². The monoisotopic (exact) mass is 432 g/mol. The van der Waals surface area contributed by atoms with E-state index in [0.717, 1.165) is 44.5 Å². The highest BCUT2D eigenvalue weighted by Gasteiger charge is 2.64. The Kier molecular flexibility index (Phi) is 4.64. The number of rotatable bonds is 4. The molecule has 9 nitrogen and oxygen atoms in total. The molecule has 4 heterocycles. The number of likely N-dealkylation sites (tertiary alicyclic amines) is 2. The van der Waals surface area contributed by atoms with Gasteiger partial charge >= 0.3 is 6.03 Å². The van der Waals surface area contributed by atoms with Gasteiger partial charge in [-0.2, -0.15) is 0 Å². The summed E-state index contributed by atoms with van der Waals surface area (Å²) in [5.74, 6) is 0.171. The van der Waals surface area contributed by atoms with Crippen LogP contribution in [0.15, 0.2) is 5.38 Å². The van der Waals surface area contributed by atoms with E-state index in [1.54, 1.807) is 0 Å². The highest BCUT2D eigenvalue weighted by Crippen LogP contribution is 2.60. The second kappa shape index (κ2) is 7.11.